The standard InChI is InChI=1S/C11H11BrFNO2S/c12-6-1-2-7(8(13)5-6)10-14-9(11(15)16)3-4-17-10/h1-2,5,9-10,14H,3-4H2,(H,15,16). The van der Waals surface area contributed by atoms with Gasteiger partial charge < -0.3 is 5.11 Å². The monoisotopic (exact) mass is 319 g/mol. The maximum atomic E-state index is 13.7. The SMILES string of the molecule is O=C(O)C1CCSC(c2ccc(Br)cc2F)N1. The van der Waals surface area contributed by atoms with Crippen LogP contribution >= 0.6 is 27.7 Å². The quantitative estimate of drug-likeness (QED) is 0.880. The number of rotatable bonds is 2. The molecule has 1 saturated heterocycles. The van der Waals surface area contributed by atoms with Crippen LogP contribution in [0.4, 0.5) is 4.39 Å². The summed E-state index contributed by atoms with van der Waals surface area (Å²) in [6, 6.07) is 4.23. The van der Waals surface area contributed by atoms with Crippen LogP contribution in [0, 0.1) is 5.82 Å². The normalized spacial score (nSPS) is 24.6. The second kappa shape index (κ2) is 5.37. The largest absolute Gasteiger partial charge is 0.480 e. The van der Waals surface area contributed by atoms with Gasteiger partial charge in [0.1, 0.15) is 11.9 Å². The maximum absolute atomic E-state index is 13.7. The molecular weight excluding hydrogens is 309 g/mol. The lowest BCUT2D eigenvalue weighted by atomic mass is 10.1. The van der Waals surface area contributed by atoms with Crippen LogP contribution in [0.15, 0.2) is 22.7 Å². The Labute approximate surface area is 111 Å². The van der Waals surface area contributed by atoms with E-state index >= 15 is 0 Å². The Hall–Kier alpha value is -0.590. The minimum absolute atomic E-state index is 0.294. The molecule has 2 N–H and O–H groups in total. The molecule has 17 heavy (non-hydrogen) atoms. The van der Waals surface area contributed by atoms with Crippen molar-refractivity contribution in [2.45, 2.75) is 17.8 Å². The van der Waals surface area contributed by atoms with Crippen molar-refractivity contribution < 1.29 is 14.3 Å². The first-order valence-corrected chi connectivity index (χ1v) is 6.97. The number of aliphatic carboxylic acids is 1. The van der Waals surface area contributed by atoms with E-state index in [0.717, 1.165) is 0 Å². The highest BCUT2D eigenvalue weighted by molar-refractivity contribution is 9.10. The first-order valence-electron chi connectivity index (χ1n) is 5.13. The number of carboxylic acids is 1. The summed E-state index contributed by atoms with van der Waals surface area (Å²) in [6.45, 7) is 0. The number of hydrogen-bond donors (Lipinski definition) is 2. The van der Waals surface area contributed by atoms with Gasteiger partial charge in [0.05, 0.1) is 5.37 Å². The van der Waals surface area contributed by atoms with Gasteiger partial charge in [0.25, 0.3) is 0 Å². The number of carbonyl (C=O) groups is 1. The lowest BCUT2D eigenvalue weighted by Gasteiger charge is -2.28. The minimum atomic E-state index is -0.882. The van der Waals surface area contributed by atoms with E-state index in [2.05, 4.69) is 21.2 Å². The molecule has 0 saturated carbocycles. The van der Waals surface area contributed by atoms with Gasteiger partial charge in [-0.3, -0.25) is 10.1 Å². The van der Waals surface area contributed by atoms with Crippen molar-refractivity contribution in [2.24, 2.45) is 0 Å². The van der Waals surface area contributed by atoms with Crippen LogP contribution in [0.5, 0.6) is 0 Å². The summed E-state index contributed by atoms with van der Waals surface area (Å²) >= 11 is 4.72. The van der Waals surface area contributed by atoms with Crippen molar-refractivity contribution in [1.29, 1.82) is 0 Å². The Morgan fingerprint density at radius 2 is 2.35 bits per heavy atom. The average Bonchev–Trinajstić information content (AvgIpc) is 2.29. The van der Waals surface area contributed by atoms with Crippen LogP contribution < -0.4 is 5.32 Å². The molecule has 2 rings (SSSR count). The third-order valence-electron chi connectivity index (χ3n) is 2.59. The summed E-state index contributed by atoms with van der Waals surface area (Å²) in [5.41, 5.74) is 0.504. The number of hydrogen-bond acceptors (Lipinski definition) is 3. The van der Waals surface area contributed by atoms with Crippen LogP contribution in [0.25, 0.3) is 0 Å². The van der Waals surface area contributed by atoms with Crippen molar-refractivity contribution in [1.82, 2.24) is 5.32 Å². The summed E-state index contributed by atoms with van der Waals surface area (Å²) in [5, 5.41) is 11.6. The molecule has 0 bridgehead atoms. The van der Waals surface area contributed by atoms with Gasteiger partial charge in [0, 0.05) is 10.0 Å². The number of thioether (sulfide) groups is 1. The first-order chi connectivity index (χ1) is 8.08. The van der Waals surface area contributed by atoms with Gasteiger partial charge in [-0.05, 0) is 24.3 Å². The van der Waals surface area contributed by atoms with Crippen molar-refractivity contribution in [3.63, 3.8) is 0 Å². The van der Waals surface area contributed by atoms with E-state index in [1.165, 1.54) is 17.8 Å². The molecule has 1 fully saturated rings. The second-order valence-electron chi connectivity index (χ2n) is 3.76. The molecule has 1 aliphatic rings. The predicted octanol–water partition coefficient (Wildman–Crippen LogP) is 2.77. The molecule has 1 aliphatic heterocycles. The molecule has 0 aliphatic carbocycles. The van der Waals surface area contributed by atoms with E-state index in [9.17, 15) is 9.18 Å². The summed E-state index contributed by atoms with van der Waals surface area (Å²) < 4.78 is 14.4. The molecule has 0 spiro atoms. The molecule has 1 aromatic rings. The van der Waals surface area contributed by atoms with Gasteiger partial charge in [-0.2, -0.15) is 0 Å². The minimum Gasteiger partial charge on any atom is -0.480 e. The molecule has 2 unspecified atom stereocenters. The van der Waals surface area contributed by atoms with Gasteiger partial charge in [-0.15, -0.1) is 11.8 Å². The van der Waals surface area contributed by atoms with Crippen LogP contribution in [-0.2, 0) is 4.79 Å². The molecule has 0 amide bonds. The highest BCUT2D eigenvalue weighted by Crippen LogP contribution is 2.33. The molecule has 1 heterocycles. The van der Waals surface area contributed by atoms with Crippen molar-refractivity contribution in [3.8, 4) is 0 Å². The number of halogens is 2. The smallest absolute Gasteiger partial charge is 0.320 e. The van der Waals surface area contributed by atoms with Crippen molar-refractivity contribution in [3.05, 3.63) is 34.1 Å². The molecule has 6 heteroatoms. The zero-order valence-electron chi connectivity index (χ0n) is 8.82. The van der Waals surface area contributed by atoms with E-state index in [4.69, 9.17) is 5.11 Å². The van der Waals surface area contributed by atoms with E-state index < -0.39 is 12.0 Å². The number of carboxylic acid groups (broad SMARTS) is 1. The fourth-order valence-electron chi connectivity index (χ4n) is 1.71. The van der Waals surface area contributed by atoms with Gasteiger partial charge in [0.15, 0.2) is 0 Å². The molecule has 3 nitrogen and oxygen atoms in total. The highest BCUT2D eigenvalue weighted by Gasteiger charge is 2.28. The zero-order chi connectivity index (χ0) is 12.4. The van der Waals surface area contributed by atoms with Crippen molar-refractivity contribution >= 4 is 33.7 Å². The number of nitrogens with one attached hydrogen (secondary N) is 1. The third kappa shape index (κ3) is 3.00. The molecule has 0 radical (unpaired) electrons. The first kappa shape index (κ1) is 12.9. The summed E-state index contributed by atoms with van der Waals surface area (Å²) in [7, 11) is 0. The summed E-state index contributed by atoms with van der Waals surface area (Å²) in [6.07, 6.45) is 0.564. The molecule has 1 aromatic carbocycles. The second-order valence-corrected chi connectivity index (χ2v) is 5.89. The van der Waals surface area contributed by atoms with Gasteiger partial charge in [-0.25, -0.2) is 4.39 Å². The van der Waals surface area contributed by atoms with Crippen LogP contribution in [0.1, 0.15) is 17.4 Å². The lowest BCUT2D eigenvalue weighted by molar-refractivity contribution is -0.139. The fraction of sp³-hybridized carbons (Fsp3) is 0.364. The van der Waals surface area contributed by atoms with Gasteiger partial charge in [-0.1, -0.05) is 22.0 Å². The summed E-state index contributed by atoms with van der Waals surface area (Å²) in [5.74, 6) is -0.493. The fourth-order valence-corrected chi connectivity index (χ4v) is 3.28. The lowest BCUT2D eigenvalue weighted by Crippen LogP contribution is -2.42. The van der Waals surface area contributed by atoms with E-state index in [1.807, 2.05) is 0 Å². The van der Waals surface area contributed by atoms with Crippen molar-refractivity contribution in [2.75, 3.05) is 5.75 Å². The number of benzene rings is 1. The Morgan fingerprint density at radius 3 is 3.00 bits per heavy atom. The van der Waals surface area contributed by atoms with Crippen LogP contribution in [0.3, 0.4) is 0 Å². The predicted molar refractivity (Wildman–Crippen MR) is 68.5 cm³/mol. The van der Waals surface area contributed by atoms with Gasteiger partial charge in [0.2, 0.25) is 0 Å². The van der Waals surface area contributed by atoms with E-state index in [0.29, 0.717) is 22.2 Å². The summed E-state index contributed by atoms with van der Waals surface area (Å²) in [4.78, 5) is 10.9. The van der Waals surface area contributed by atoms with Crippen LogP contribution in [0.2, 0.25) is 0 Å². The Balaban J connectivity index is 2.19. The molecule has 0 aromatic heterocycles. The third-order valence-corrected chi connectivity index (χ3v) is 4.27. The van der Waals surface area contributed by atoms with E-state index in [1.54, 1.807) is 12.1 Å². The van der Waals surface area contributed by atoms with E-state index in [-0.39, 0.29) is 11.2 Å². The molecule has 2 atom stereocenters. The van der Waals surface area contributed by atoms with Gasteiger partial charge >= 0.3 is 5.97 Å². The maximum Gasteiger partial charge on any atom is 0.320 e. The highest BCUT2D eigenvalue weighted by atomic mass is 79.9. The topological polar surface area (TPSA) is 49.3 Å². The Bertz CT molecular complexity index is 443. The Morgan fingerprint density at radius 1 is 1.59 bits per heavy atom. The Kier molecular flexibility index (Phi) is 4.06. The average molecular weight is 320 g/mol. The zero-order valence-corrected chi connectivity index (χ0v) is 11.2. The molecule has 92 valence electrons. The van der Waals surface area contributed by atoms with Crippen LogP contribution in [-0.4, -0.2) is 22.9 Å². The molecular formula is C11H11BrFNO2S.